The van der Waals surface area contributed by atoms with E-state index in [0.717, 1.165) is 10.6 Å². The number of carboxylic acid groups (broad SMARTS) is 1. The molecule has 0 radical (unpaired) electrons. The number of rotatable bonds is 4. The summed E-state index contributed by atoms with van der Waals surface area (Å²) in [6, 6.07) is 7.98. The lowest BCUT2D eigenvalue weighted by molar-refractivity contribution is -0.136. The highest BCUT2D eigenvalue weighted by Gasteiger charge is 2.34. The second-order valence-corrected chi connectivity index (χ2v) is 8.42. The smallest absolute Gasteiger partial charge is 0.309 e. The zero-order valence-electron chi connectivity index (χ0n) is 13.4. The predicted molar refractivity (Wildman–Crippen MR) is 99.5 cm³/mol. The van der Waals surface area contributed by atoms with Gasteiger partial charge in [-0.1, -0.05) is 23.9 Å². The SMILES string of the molecule is CC1(Cn2nc(CC(=O)O)c3cscc3c2=O)Nc2ccccc2S1. The van der Waals surface area contributed by atoms with Gasteiger partial charge in [0.2, 0.25) is 0 Å². The largest absolute Gasteiger partial charge is 0.481 e. The Morgan fingerprint density at radius 3 is 2.84 bits per heavy atom. The molecule has 1 atom stereocenters. The summed E-state index contributed by atoms with van der Waals surface area (Å²) in [6.07, 6.45) is -0.203. The number of carbonyl (C=O) groups is 1. The van der Waals surface area contributed by atoms with Gasteiger partial charge in [-0.3, -0.25) is 9.59 Å². The normalized spacial score (nSPS) is 18.9. The van der Waals surface area contributed by atoms with E-state index in [9.17, 15) is 9.59 Å². The number of nitrogens with zero attached hydrogens (tertiary/aromatic N) is 2. The van der Waals surface area contributed by atoms with E-state index in [1.807, 2.05) is 31.2 Å². The third-order valence-electron chi connectivity index (χ3n) is 4.07. The maximum Gasteiger partial charge on any atom is 0.309 e. The number of anilines is 1. The average Bonchev–Trinajstić information content (AvgIpc) is 3.15. The number of hydrogen-bond acceptors (Lipinski definition) is 6. The van der Waals surface area contributed by atoms with Crippen molar-refractivity contribution in [2.75, 3.05) is 5.32 Å². The van der Waals surface area contributed by atoms with Gasteiger partial charge in [0.05, 0.1) is 24.0 Å². The molecule has 0 bridgehead atoms. The van der Waals surface area contributed by atoms with Gasteiger partial charge in [0, 0.05) is 26.7 Å². The maximum atomic E-state index is 12.8. The van der Waals surface area contributed by atoms with Crippen molar-refractivity contribution in [3.63, 3.8) is 0 Å². The highest BCUT2D eigenvalue weighted by atomic mass is 32.2. The van der Waals surface area contributed by atoms with Gasteiger partial charge in [0.25, 0.3) is 5.56 Å². The lowest BCUT2D eigenvalue weighted by Gasteiger charge is -2.24. The summed E-state index contributed by atoms with van der Waals surface area (Å²) in [5.41, 5.74) is 1.27. The van der Waals surface area contributed by atoms with E-state index in [1.54, 1.807) is 22.5 Å². The Hall–Kier alpha value is -2.32. The van der Waals surface area contributed by atoms with E-state index in [4.69, 9.17) is 5.11 Å². The Kier molecular flexibility index (Phi) is 3.81. The Labute approximate surface area is 151 Å². The summed E-state index contributed by atoms with van der Waals surface area (Å²) in [6.45, 7) is 2.35. The molecule has 128 valence electrons. The summed E-state index contributed by atoms with van der Waals surface area (Å²) in [5.74, 6) is -0.961. The molecule has 1 aliphatic rings. The molecule has 0 aliphatic carbocycles. The van der Waals surface area contributed by atoms with Gasteiger partial charge in [0.15, 0.2) is 0 Å². The second kappa shape index (κ2) is 5.89. The van der Waals surface area contributed by atoms with Crippen LogP contribution in [-0.2, 0) is 17.8 Å². The molecular weight excluding hydrogens is 358 g/mol. The number of aromatic nitrogens is 2. The molecular formula is C17H15N3O3S2. The van der Waals surface area contributed by atoms with Crippen LogP contribution in [0.5, 0.6) is 0 Å². The van der Waals surface area contributed by atoms with Crippen LogP contribution in [-0.4, -0.2) is 25.7 Å². The Bertz CT molecular complexity index is 1020. The standard InChI is InChI=1S/C17H15N3O3S2/c1-17(18-12-4-2-3-5-14(12)25-17)9-20-16(23)11-8-24-7-10(11)13(19-20)6-15(21)22/h2-5,7-8,18H,6,9H2,1H3,(H,21,22). The summed E-state index contributed by atoms with van der Waals surface area (Å²) < 4.78 is 1.39. The first-order valence-corrected chi connectivity index (χ1v) is 9.45. The van der Waals surface area contributed by atoms with Crippen molar-refractivity contribution in [2.24, 2.45) is 0 Å². The average molecular weight is 373 g/mol. The van der Waals surface area contributed by atoms with Crippen LogP contribution < -0.4 is 10.9 Å². The Morgan fingerprint density at radius 2 is 2.08 bits per heavy atom. The first-order chi connectivity index (χ1) is 12.0. The molecule has 2 aromatic heterocycles. The quantitative estimate of drug-likeness (QED) is 0.731. The topological polar surface area (TPSA) is 84.2 Å². The number of para-hydroxylation sites is 1. The number of carboxylic acids is 1. The van der Waals surface area contributed by atoms with Crippen LogP contribution in [0.15, 0.2) is 44.7 Å². The maximum absolute atomic E-state index is 12.8. The van der Waals surface area contributed by atoms with Crippen molar-refractivity contribution < 1.29 is 9.90 Å². The number of fused-ring (bicyclic) bond motifs is 2. The molecule has 3 aromatic rings. The van der Waals surface area contributed by atoms with Gasteiger partial charge in [-0.15, -0.1) is 0 Å². The molecule has 1 unspecified atom stereocenters. The summed E-state index contributed by atoms with van der Waals surface area (Å²) in [7, 11) is 0. The number of nitrogens with one attached hydrogen (secondary N) is 1. The first-order valence-electron chi connectivity index (χ1n) is 7.69. The van der Waals surface area contributed by atoms with Crippen molar-refractivity contribution in [3.05, 3.63) is 51.1 Å². The summed E-state index contributed by atoms with van der Waals surface area (Å²) in [4.78, 5) is 24.6. The highest BCUT2D eigenvalue weighted by Crippen LogP contribution is 2.45. The number of aliphatic carboxylic acids is 1. The molecule has 0 fully saturated rings. The monoisotopic (exact) mass is 373 g/mol. The zero-order chi connectivity index (χ0) is 17.6. The van der Waals surface area contributed by atoms with Crippen LogP contribution >= 0.6 is 23.1 Å². The van der Waals surface area contributed by atoms with Gasteiger partial charge in [-0.25, -0.2) is 4.68 Å². The van der Waals surface area contributed by atoms with E-state index < -0.39 is 10.8 Å². The van der Waals surface area contributed by atoms with Crippen molar-refractivity contribution in [3.8, 4) is 0 Å². The Morgan fingerprint density at radius 1 is 1.32 bits per heavy atom. The second-order valence-electron chi connectivity index (χ2n) is 6.13. The van der Waals surface area contributed by atoms with Gasteiger partial charge >= 0.3 is 5.97 Å². The lowest BCUT2D eigenvalue weighted by atomic mass is 10.2. The third kappa shape index (κ3) is 2.91. The summed E-state index contributed by atoms with van der Waals surface area (Å²) >= 11 is 3.03. The van der Waals surface area contributed by atoms with Gasteiger partial charge in [-0.05, 0) is 19.1 Å². The predicted octanol–water partition coefficient (Wildman–Crippen LogP) is 3.02. The lowest BCUT2D eigenvalue weighted by Crippen LogP contribution is -2.38. The number of thioether (sulfide) groups is 1. The van der Waals surface area contributed by atoms with Gasteiger partial charge < -0.3 is 10.4 Å². The molecule has 4 rings (SSSR count). The van der Waals surface area contributed by atoms with Crippen LogP contribution in [0.2, 0.25) is 0 Å². The first kappa shape index (κ1) is 16.2. The van der Waals surface area contributed by atoms with E-state index in [-0.39, 0.29) is 12.0 Å². The minimum absolute atomic E-state index is 0.190. The molecule has 0 saturated heterocycles. The zero-order valence-corrected chi connectivity index (χ0v) is 15.0. The van der Waals surface area contributed by atoms with E-state index in [1.165, 1.54) is 16.0 Å². The minimum atomic E-state index is -0.961. The molecule has 3 heterocycles. The van der Waals surface area contributed by atoms with E-state index in [2.05, 4.69) is 10.4 Å². The van der Waals surface area contributed by atoms with Crippen LogP contribution in [0, 0.1) is 0 Å². The molecule has 1 aromatic carbocycles. The minimum Gasteiger partial charge on any atom is -0.481 e. The summed E-state index contributed by atoms with van der Waals surface area (Å²) in [5, 5.41) is 21.6. The molecule has 8 heteroatoms. The van der Waals surface area contributed by atoms with E-state index in [0.29, 0.717) is 23.0 Å². The third-order valence-corrected chi connectivity index (χ3v) is 6.07. The molecule has 0 amide bonds. The molecule has 25 heavy (non-hydrogen) atoms. The van der Waals surface area contributed by atoms with Gasteiger partial charge in [-0.2, -0.15) is 16.4 Å². The van der Waals surface area contributed by atoms with Crippen molar-refractivity contribution in [1.29, 1.82) is 0 Å². The number of hydrogen-bond donors (Lipinski definition) is 2. The van der Waals surface area contributed by atoms with Crippen molar-refractivity contribution >= 4 is 45.5 Å². The van der Waals surface area contributed by atoms with Crippen LogP contribution in [0.3, 0.4) is 0 Å². The van der Waals surface area contributed by atoms with E-state index >= 15 is 0 Å². The highest BCUT2D eigenvalue weighted by molar-refractivity contribution is 8.01. The fraction of sp³-hybridized carbons (Fsp3) is 0.235. The molecule has 0 spiro atoms. The van der Waals surface area contributed by atoms with Crippen LogP contribution in [0.25, 0.3) is 10.8 Å². The fourth-order valence-corrected chi connectivity index (χ4v) is 5.06. The van der Waals surface area contributed by atoms with Crippen LogP contribution in [0.4, 0.5) is 5.69 Å². The Balaban J connectivity index is 1.74. The van der Waals surface area contributed by atoms with Gasteiger partial charge in [0.1, 0.15) is 4.87 Å². The molecule has 2 N–H and O–H groups in total. The number of benzene rings is 1. The fourth-order valence-electron chi connectivity index (χ4n) is 3.02. The molecule has 6 nitrogen and oxygen atoms in total. The van der Waals surface area contributed by atoms with Crippen LogP contribution in [0.1, 0.15) is 12.6 Å². The molecule has 0 saturated carbocycles. The van der Waals surface area contributed by atoms with Crippen molar-refractivity contribution in [1.82, 2.24) is 9.78 Å². The van der Waals surface area contributed by atoms with Crippen molar-refractivity contribution in [2.45, 2.75) is 29.7 Å². The number of thiophene rings is 1. The molecule has 1 aliphatic heterocycles.